The summed E-state index contributed by atoms with van der Waals surface area (Å²) in [6.45, 7) is 1.24. The Hall–Kier alpha value is -1.46. The molecule has 0 aliphatic carbocycles. The number of carbonyl (C=O) groups is 1. The van der Waals surface area contributed by atoms with Crippen molar-refractivity contribution in [3.63, 3.8) is 0 Å². The van der Waals surface area contributed by atoms with E-state index in [1.54, 1.807) is 0 Å². The van der Waals surface area contributed by atoms with Gasteiger partial charge in [0.25, 0.3) is 5.91 Å². The van der Waals surface area contributed by atoms with Gasteiger partial charge in [0.05, 0.1) is 22.9 Å². The summed E-state index contributed by atoms with van der Waals surface area (Å²) in [5.41, 5.74) is 7.27. The van der Waals surface area contributed by atoms with Crippen LogP contribution in [-0.2, 0) is 6.42 Å². The van der Waals surface area contributed by atoms with Gasteiger partial charge in [0.15, 0.2) is 0 Å². The zero-order valence-electron chi connectivity index (χ0n) is 9.83. The van der Waals surface area contributed by atoms with E-state index in [1.807, 2.05) is 0 Å². The Bertz CT molecular complexity index is 477. The maximum absolute atomic E-state index is 11.3. The molecule has 1 heterocycles. The Morgan fingerprint density at radius 2 is 2.39 bits per heavy atom. The first-order valence-electron chi connectivity index (χ1n) is 5.78. The maximum Gasteiger partial charge on any atom is 0.252 e. The second-order valence-corrected chi connectivity index (χ2v) is 4.46. The van der Waals surface area contributed by atoms with Gasteiger partial charge in [-0.05, 0) is 12.5 Å². The number of ether oxygens (including phenoxy) is 1. The van der Waals surface area contributed by atoms with Crippen molar-refractivity contribution >= 4 is 23.2 Å². The number of hydrogen-bond donors (Lipinski definition) is 3. The summed E-state index contributed by atoms with van der Waals surface area (Å²) >= 11 is 6.15. The number of amides is 1. The number of rotatable bonds is 5. The third-order valence-electron chi connectivity index (χ3n) is 2.83. The lowest BCUT2D eigenvalue weighted by Gasteiger charge is -2.14. The van der Waals surface area contributed by atoms with Gasteiger partial charge >= 0.3 is 0 Å². The molecule has 0 atom stereocenters. The first kappa shape index (κ1) is 13.0. The van der Waals surface area contributed by atoms with Crippen molar-refractivity contribution in [2.24, 2.45) is 5.73 Å². The smallest absolute Gasteiger partial charge is 0.252 e. The predicted molar refractivity (Wildman–Crippen MR) is 69.4 cm³/mol. The number of benzene rings is 1. The Kier molecular flexibility index (Phi) is 3.93. The van der Waals surface area contributed by atoms with E-state index in [4.69, 9.17) is 27.2 Å². The van der Waals surface area contributed by atoms with Crippen LogP contribution in [0.5, 0.6) is 5.75 Å². The third-order valence-corrected chi connectivity index (χ3v) is 3.13. The van der Waals surface area contributed by atoms with Gasteiger partial charge in [-0.2, -0.15) is 0 Å². The molecule has 1 aromatic rings. The van der Waals surface area contributed by atoms with Crippen molar-refractivity contribution in [2.45, 2.75) is 12.8 Å². The number of nitrogens with two attached hydrogens (primary N) is 1. The first-order valence-corrected chi connectivity index (χ1v) is 6.15. The van der Waals surface area contributed by atoms with Crippen molar-refractivity contribution in [2.75, 3.05) is 25.1 Å². The monoisotopic (exact) mass is 270 g/mol. The Labute approximate surface area is 110 Å². The molecular formula is C12H15ClN2O3. The summed E-state index contributed by atoms with van der Waals surface area (Å²) in [4.78, 5) is 11.3. The number of aliphatic hydroxyl groups excluding tert-OH is 1. The summed E-state index contributed by atoms with van der Waals surface area (Å²) in [5.74, 6) is -0.0182. The minimum absolute atomic E-state index is 0.114. The van der Waals surface area contributed by atoms with Crippen LogP contribution in [0.15, 0.2) is 6.07 Å². The summed E-state index contributed by atoms with van der Waals surface area (Å²) in [6.07, 6.45) is 1.32. The molecule has 0 saturated heterocycles. The molecule has 1 aliphatic heterocycles. The molecule has 18 heavy (non-hydrogen) atoms. The molecule has 1 amide bonds. The number of anilines is 1. The number of nitrogens with one attached hydrogen (secondary N) is 1. The van der Waals surface area contributed by atoms with E-state index >= 15 is 0 Å². The molecule has 1 aliphatic rings. The minimum Gasteiger partial charge on any atom is -0.492 e. The number of primary amides is 1. The number of halogens is 1. The van der Waals surface area contributed by atoms with Crippen LogP contribution in [0.3, 0.4) is 0 Å². The van der Waals surface area contributed by atoms with Crippen LogP contribution in [0, 0.1) is 0 Å². The Morgan fingerprint density at radius 1 is 1.61 bits per heavy atom. The van der Waals surface area contributed by atoms with Crippen LogP contribution in [-0.4, -0.2) is 30.8 Å². The molecule has 0 aromatic heterocycles. The van der Waals surface area contributed by atoms with Crippen molar-refractivity contribution in [1.29, 1.82) is 0 Å². The van der Waals surface area contributed by atoms with E-state index in [1.165, 1.54) is 6.07 Å². The fourth-order valence-electron chi connectivity index (χ4n) is 2.01. The van der Waals surface area contributed by atoms with Crippen LogP contribution in [0.25, 0.3) is 0 Å². The second-order valence-electron chi connectivity index (χ2n) is 4.06. The van der Waals surface area contributed by atoms with E-state index in [2.05, 4.69) is 5.32 Å². The van der Waals surface area contributed by atoms with Gasteiger partial charge in [0, 0.05) is 25.1 Å². The van der Waals surface area contributed by atoms with Crippen LogP contribution < -0.4 is 15.8 Å². The fraction of sp³-hybridized carbons (Fsp3) is 0.417. The zero-order chi connectivity index (χ0) is 13.1. The van der Waals surface area contributed by atoms with Crippen LogP contribution in [0.2, 0.25) is 5.02 Å². The molecule has 2 rings (SSSR count). The van der Waals surface area contributed by atoms with Gasteiger partial charge < -0.3 is 20.9 Å². The molecule has 0 spiro atoms. The number of aliphatic hydroxyl groups is 1. The van der Waals surface area contributed by atoms with Crippen molar-refractivity contribution in [3.8, 4) is 5.75 Å². The normalized spacial score (nSPS) is 13.0. The summed E-state index contributed by atoms with van der Waals surface area (Å²) in [7, 11) is 0. The van der Waals surface area contributed by atoms with Crippen LogP contribution in [0.1, 0.15) is 22.3 Å². The highest BCUT2D eigenvalue weighted by Gasteiger charge is 2.25. The minimum atomic E-state index is -0.544. The van der Waals surface area contributed by atoms with Gasteiger partial charge in [0.2, 0.25) is 0 Å². The maximum atomic E-state index is 11.3. The SMILES string of the molecule is NC(=O)c1cc(Cl)c(NCCCO)c2c1OCC2. The Morgan fingerprint density at radius 3 is 3.06 bits per heavy atom. The van der Waals surface area contributed by atoms with E-state index < -0.39 is 5.91 Å². The lowest BCUT2D eigenvalue weighted by molar-refractivity contribution is 0.0997. The molecule has 0 fully saturated rings. The molecule has 5 nitrogen and oxygen atoms in total. The second kappa shape index (κ2) is 5.46. The number of hydrogen-bond acceptors (Lipinski definition) is 4. The quantitative estimate of drug-likeness (QED) is 0.701. The highest BCUT2D eigenvalue weighted by atomic mass is 35.5. The summed E-state index contributed by atoms with van der Waals surface area (Å²) < 4.78 is 5.44. The third kappa shape index (κ3) is 2.37. The average Bonchev–Trinajstić information content (AvgIpc) is 2.80. The van der Waals surface area contributed by atoms with Crippen molar-refractivity contribution < 1.29 is 14.6 Å². The molecule has 1 aromatic carbocycles. The van der Waals surface area contributed by atoms with Gasteiger partial charge in [-0.15, -0.1) is 0 Å². The van der Waals surface area contributed by atoms with Gasteiger partial charge in [-0.25, -0.2) is 0 Å². The van der Waals surface area contributed by atoms with E-state index in [0.29, 0.717) is 42.3 Å². The highest BCUT2D eigenvalue weighted by molar-refractivity contribution is 6.34. The fourth-order valence-corrected chi connectivity index (χ4v) is 2.30. The lowest BCUT2D eigenvalue weighted by atomic mass is 10.0. The topological polar surface area (TPSA) is 84.6 Å². The van der Waals surface area contributed by atoms with Gasteiger partial charge in [-0.1, -0.05) is 11.6 Å². The molecular weight excluding hydrogens is 256 g/mol. The van der Waals surface area contributed by atoms with Gasteiger partial charge in [0.1, 0.15) is 5.75 Å². The Balaban J connectivity index is 2.36. The lowest BCUT2D eigenvalue weighted by Crippen LogP contribution is -2.13. The van der Waals surface area contributed by atoms with E-state index in [-0.39, 0.29) is 6.61 Å². The molecule has 0 unspecified atom stereocenters. The summed E-state index contributed by atoms with van der Waals surface area (Å²) in [5, 5.41) is 12.4. The van der Waals surface area contributed by atoms with E-state index in [9.17, 15) is 4.79 Å². The molecule has 0 bridgehead atoms. The van der Waals surface area contributed by atoms with Crippen LogP contribution in [0.4, 0.5) is 5.69 Å². The molecule has 0 radical (unpaired) electrons. The van der Waals surface area contributed by atoms with E-state index in [0.717, 1.165) is 11.3 Å². The van der Waals surface area contributed by atoms with Crippen molar-refractivity contribution in [3.05, 3.63) is 22.2 Å². The predicted octanol–water partition coefficient (Wildman–Crippen LogP) is 1.17. The number of carbonyl (C=O) groups excluding carboxylic acids is 1. The summed E-state index contributed by atoms with van der Waals surface area (Å²) in [6, 6.07) is 1.52. The first-order chi connectivity index (χ1) is 8.65. The highest BCUT2D eigenvalue weighted by Crippen LogP contribution is 2.40. The average molecular weight is 271 g/mol. The molecule has 0 saturated carbocycles. The molecule has 4 N–H and O–H groups in total. The van der Waals surface area contributed by atoms with Crippen molar-refractivity contribution in [1.82, 2.24) is 0 Å². The zero-order valence-corrected chi connectivity index (χ0v) is 10.6. The molecule has 98 valence electrons. The molecule has 6 heteroatoms. The largest absolute Gasteiger partial charge is 0.492 e. The number of fused-ring (bicyclic) bond motifs is 1. The standard InChI is InChI=1S/C12H15ClN2O3/c13-9-6-8(12(14)17)11-7(2-5-18-11)10(9)15-3-1-4-16/h6,15-16H,1-5H2,(H2,14,17). The van der Waals surface area contributed by atoms with Crippen LogP contribution >= 0.6 is 11.6 Å². The van der Waals surface area contributed by atoms with Gasteiger partial charge in [-0.3, -0.25) is 4.79 Å².